The first-order chi connectivity index (χ1) is 13.4. The van der Waals surface area contributed by atoms with Crippen LogP contribution in [0.3, 0.4) is 0 Å². The van der Waals surface area contributed by atoms with Crippen LogP contribution < -0.4 is 4.90 Å². The van der Waals surface area contributed by atoms with Crippen LogP contribution in [-0.4, -0.2) is 58.3 Å². The van der Waals surface area contributed by atoms with E-state index in [0.29, 0.717) is 36.4 Å². The first kappa shape index (κ1) is 19.0. The van der Waals surface area contributed by atoms with Crippen molar-refractivity contribution in [1.82, 2.24) is 4.90 Å². The molecule has 3 aliphatic rings. The molecule has 3 fully saturated rings. The number of thioether (sulfide) groups is 1. The quantitative estimate of drug-likeness (QED) is 0.553. The van der Waals surface area contributed by atoms with Crippen molar-refractivity contribution in [2.75, 3.05) is 23.8 Å². The first-order valence-corrected chi connectivity index (χ1v) is 10.4. The van der Waals surface area contributed by atoms with Gasteiger partial charge in [-0.3, -0.25) is 14.4 Å². The summed E-state index contributed by atoms with van der Waals surface area (Å²) in [6.45, 7) is 2.23. The molecule has 3 heterocycles. The number of ketones is 1. The monoisotopic (exact) mass is 402 g/mol. The van der Waals surface area contributed by atoms with Crippen LogP contribution in [0, 0.1) is 0 Å². The number of amides is 2. The lowest BCUT2D eigenvalue weighted by Crippen LogP contribution is -2.46. The average molecular weight is 402 g/mol. The van der Waals surface area contributed by atoms with Gasteiger partial charge >= 0.3 is 5.97 Å². The van der Waals surface area contributed by atoms with Gasteiger partial charge in [-0.2, -0.15) is 0 Å². The normalized spacial score (nSPS) is 26.7. The Morgan fingerprint density at radius 3 is 2.82 bits per heavy atom. The molecule has 2 atom stereocenters. The number of hydrogen-bond donors (Lipinski definition) is 0. The summed E-state index contributed by atoms with van der Waals surface area (Å²) in [6, 6.07) is 6.18. The smallest absolute Gasteiger partial charge is 0.330 e. The number of fused-ring (bicyclic) bond motifs is 1. The van der Waals surface area contributed by atoms with E-state index in [4.69, 9.17) is 4.74 Å². The first-order valence-electron chi connectivity index (χ1n) is 9.45. The van der Waals surface area contributed by atoms with Gasteiger partial charge < -0.3 is 14.5 Å². The van der Waals surface area contributed by atoms with Crippen LogP contribution in [0.25, 0.3) is 0 Å². The number of benzene rings is 1. The van der Waals surface area contributed by atoms with E-state index in [2.05, 4.69) is 0 Å². The number of ether oxygens (including phenoxy) is 1. The molecule has 1 aromatic rings. The van der Waals surface area contributed by atoms with Crippen LogP contribution in [-0.2, 0) is 19.1 Å². The Hall–Kier alpha value is -2.35. The molecule has 0 radical (unpaired) electrons. The summed E-state index contributed by atoms with van der Waals surface area (Å²) in [5.41, 5.74) is 1.08. The lowest BCUT2D eigenvalue weighted by molar-refractivity contribution is -0.152. The number of esters is 1. The van der Waals surface area contributed by atoms with Crippen molar-refractivity contribution in [3.05, 3.63) is 29.8 Å². The van der Waals surface area contributed by atoms with E-state index in [1.165, 1.54) is 0 Å². The zero-order valence-electron chi connectivity index (χ0n) is 15.7. The lowest BCUT2D eigenvalue weighted by atomic mass is 10.1. The molecule has 3 saturated heterocycles. The molecular weight excluding hydrogens is 380 g/mol. The zero-order valence-corrected chi connectivity index (χ0v) is 16.5. The van der Waals surface area contributed by atoms with Gasteiger partial charge in [0.15, 0.2) is 12.4 Å². The summed E-state index contributed by atoms with van der Waals surface area (Å²) in [5.74, 6) is -0.368. The van der Waals surface area contributed by atoms with E-state index in [-0.39, 0.29) is 29.1 Å². The maximum absolute atomic E-state index is 12.5. The predicted molar refractivity (Wildman–Crippen MR) is 104 cm³/mol. The van der Waals surface area contributed by atoms with Crippen LogP contribution in [0.5, 0.6) is 0 Å². The molecule has 4 rings (SSSR count). The van der Waals surface area contributed by atoms with Crippen LogP contribution >= 0.6 is 11.8 Å². The lowest BCUT2D eigenvalue weighted by Gasteiger charge is -2.29. The molecule has 7 nitrogen and oxygen atoms in total. The van der Waals surface area contributed by atoms with Gasteiger partial charge in [0.05, 0.1) is 4.87 Å². The number of Topliss-reactive ketones (excluding diaryl/α,β-unsaturated/α-hetero) is 1. The summed E-state index contributed by atoms with van der Waals surface area (Å²) in [7, 11) is 0. The number of hydrogen-bond acceptors (Lipinski definition) is 6. The van der Waals surface area contributed by atoms with Gasteiger partial charge in [0.2, 0.25) is 11.8 Å². The molecular formula is C20H22N2O5S. The fourth-order valence-corrected chi connectivity index (χ4v) is 5.50. The van der Waals surface area contributed by atoms with Crippen molar-refractivity contribution in [2.24, 2.45) is 0 Å². The SMILES string of the molecule is C[C@@]12CCC(=O)N1[C@@H](C(=O)OCC(=O)c1cccc(N3CCCC3=O)c1)CS2. The second kappa shape index (κ2) is 7.24. The number of anilines is 1. The van der Waals surface area contributed by atoms with Gasteiger partial charge in [0.1, 0.15) is 6.04 Å². The third-order valence-electron chi connectivity index (χ3n) is 5.62. The number of carbonyl (C=O) groups excluding carboxylic acids is 4. The fourth-order valence-electron chi connectivity index (χ4n) is 4.08. The van der Waals surface area contributed by atoms with Crippen molar-refractivity contribution >= 4 is 41.0 Å². The van der Waals surface area contributed by atoms with Gasteiger partial charge in [-0.1, -0.05) is 12.1 Å². The number of carbonyl (C=O) groups is 4. The summed E-state index contributed by atoms with van der Waals surface area (Å²) in [4.78, 5) is 52.0. The van der Waals surface area contributed by atoms with Crippen molar-refractivity contribution in [3.8, 4) is 0 Å². The number of rotatable bonds is 5. The summed E-state index contributed by atoms with van der Waals surface area (Å²) in [6.07, 6.45) is 2.49. The van der Waals surface area contributed by atoms with Gasteiger partial charge in [-0.05, 0) is 31.9 Å². The highest BCUT2D eigenvalue weighted by Gasteiger charge is 2.53. The van der Waals surface area contributed by atoms with Crippen molar-refractivity contribution in [1.29, 1.82) is 0 Å². The second-order valence-corrected chi connectivity index (χ2v) is 9.00. The van der Waals surface area contributed by atoms with Crippen LogP contribution in [0.1, 0.15) is 43.0 Å². The minimum absolute atomic E-state index is 0.0382. The van der Waals surface area contributed by atoms with Gasteiger partial charge in [-0.25, -0.2) is 4.79 Å². The van der Waals surface area contributed by atoms with Crippen LogP contribution in [0.15, 0.2) is 24.3 Å². The minimum Gasteiger partial charge on any atom is -0.456 e. The van der Waals surface area contributed by atoms with E-state index in [9.17, 15) is 19.2 Å². The molecule has 0 aromatic heterocycles. The minimum atomic E-state index is -0.633. The van der Waals surface area contributed by atoms with E-state index < -0.39 is 12.0 Å². The van der Waals surface area contributed by atoms with Crippen molar-refractivity contribution in [3.63, 3.8) is 0 Å². The fraction of sp³-hybridized carbons (Fsp3) is 0.500. The molecule has 0 aliphatic carbocycles. The molecule has 0 spiro atoms. The Morgan fingerprint density at radius 1 is 1.25 bits per heavy atom. The summed E-state index contributed by atoms with van der Waals surface area (Å²) in [5, 5.41) is 0. The Kier molecular flexibility index (Phi) is 4.91. The van der Waals surface area contributed by atoms with Gasteiger partial charge in [0, 0.05) is 36.4 Å². The standard InChI is InChI=1S/C20H22N2O5S/c1-20-8-7-18(25)22(20)15(12-28-20)19(26)27-11-16(23)13-4-2-5-14(10-13)21-9-3-6-17(21)24/h2,4-5,10,15H,3,6-9,11-12H2,1H3/t15-,20-/m1/s1. The molecule has 0 saturated carbocycles. The second-order valence-electron chi connectivity index (χ2n) is 7.50. The zero-order chi connectivity index (χ0) is 19.9. The van der Waals surface area contributed by atoms with E-state index in [1.807, 2.05) is 6.92 Å². The molecule has 1 aromatic carbocycles. The molecule has 8 heteroatoms. The Morgan fingerprint density at radius 2 is 2.07 bits per heavy atom. The molecule has 0 unspecified atom stereocenters. The largest absolute Gasteiger partial charge is 0.456 e. The third kappa shape index (κ3) is 3.30. The third-order valence-corrected chi connectivity index (χ3v) is 7.12. The van der Waals surface area contributed by atoms with Gasteiger partial charge in [0.25, 0.3) is 0 Å². The van der Waals surface area contributed by atoms with E-state index >= 15 is 0 Å². The van der Waals surface area contributed by atoms with E-state index in [1.54, 1.807) is 45.8 Å². The average Bonchev–Trinajstić information content (AvgIpc) is 3.35. The van der Waals surface area contributed by atoms with Crippen LogP contribution in [0.4, 0.5) is 5.69 Å². The molecule has 148 valence electrons. The van der Waals surface area contributed by atoms with Crippen molar-refractivity contribution < 1.29 is 23.9 Å². The highest BCUT2D eigenvalue weighted by Crippen LogP contribution is 2.47. The summed E-state index contributed by atoms with van der Waals surface area (Å²) >= 11 is 1.58. The number of nitrogens with zero attached hydrogens (tertiary/aromatic N) is 2. The van der Waals surface area contributed by atoms with Crippen molar-refractivity contribution in [2.45, 2.75) is 43.5 Å². The van der Waals surface area contributed by atoms with Gasteiger partial charge in [-0.15, -0.1) is 11.8 Å². The van der Waals surface area contributed by atoms with Crippen LogP contribution in [0.2, 0.25) is 0 Å². The highest BCUT2D eigenvalue weighted by atomic mass is 32.2. The maximum atomic E-state index is 12.5. The summed E-state index contributed by atoms with van der Waals surface area (Å²) < 4.78 is 5.25. The Balaban J connectivity index is 1.39. The van der Waals surface area contributed by atoms with E-state index in [0.717, 1.165) is 12.8 Å². The molecule has 3 aliphatic heterocycles. The Labute approximate surface area is 167 Å². The molecule has 28 heavy (non-hydrogen) atoms. The highest BCUT2D eigenvalue weighted by molar-refractivity contribution is 8.01. The molecule has 0 bridgehead atoms. The maximum Gasteiger partial charge on any atom is 0.330 e. The molecule has 0 N–H and O–H groups in total. The topological polar surface area (TPSA) is 84.0 Å². The predicted octanol–water partition coefficient (Wildman–Crippen LogP) is 1.99. The molecule has 2 amide bonds. The Bertz CT molecular complexity index is 857.